The second-order valence-electron chi connectivity index (χ2n) is 7.60. The molecule has 1 atom stereocenters. The summed E-state index contributed by atoms with van der Waals surface area (Å²) in [6.45, 7) is 0.149. The molecule has 3 aromatic carbocycles. The average Bonchev–Trinajstić information content (AvgIpc) is 3.29. The third-order valence-corrected chi connectivity index (χ3v) is 7.56. The van der Waals surface area contributed by atoms with E-state index in [-0.39, 0.29) is 22.5 Å². The lowest BCUT2D eigenvalue weighted by Crippen LogP contribution is -2.42. The van der Waals surface area contributed by atoms with E-state index in [2.05, 4.69) is 0 Å². The van der Waals surface area contributed by atoms with E-state index >= 15 is 0 Å². The molecule has 3 aromatic rings. The number of hydrogen-bond donors (Lipinski definition) is 0. The van der Waals surface area contributed by atoms with Crippen molar-refractivity contribution in [2.24, 2.45) is 0 Å². The molecule has 1 fully saturated rings. The number of sulfonamides is 1. The monoisotopic (exact) mass is 472 g/mol. The summed E-state index contributed by atoms with van der Waals surface area (Å²) in [4.78, 5) is 14.8. The molecule has 1 amide bonds. The third kappa shape index (κ3) is 4.64. The lowest BCUT2D eigenvalue weighted by Gasteiger charge is -2.30. The second kappa shape index (κ2) is 9.30. The smallest absolute Gasteiger partial charge is 0.264 e. The van der Waals surface area contributed by atoms with Crippen LogP contribution >= 0.6 is 11.6 Å². The number of halogens is 2. The Morgan fingerprint density at radius 2 is 1.75 bits per heavy atom. The zero-order valence-electron chi connectivity index (χ0n) is 17.2. The number of anilines is 1. The molecule has 166 valence electrons. The maximum absolute atomic E-state index is 13.8. The first-order valence-electron chi connectivity index (χ1n) is 10.2. The van der Waals surface area contributed by atoms with Crippen molar-refractivity contribution < 1.29 is 17.6 Å². The average molecular weight is 473 g/mol. The summed E-state index contributed by atoms with van der Waals surface area (Å²) in [5.74, 6) is -0.983. The van der Waals surface area contributed by atoms with Gasteiger partial charge in [0.25, 0.3) is 10.0 Å². The molecule has 0 bridgehead atoms. The van der Waals surface area contributed by atoms with E-state index in [0.29, 0.717) is 11.6 Å². The quantitative estimate of drug-likeness (QED) is 0.505. The van der Waals surface area contributed by atoms with Gasteiger partial charge in [0, 0.05) is 11.6 Å². The Bertz CT molecular complexity index is 1200. The molecule has 0 saturated carbocycles. The Morgan fingerprint density at radius 1 is 1.03 bits per heavy atom. The van der Waals surface area contributed by atoms with Gasteiger partial charge in [-0.25, -0.2) is 12.8 Å². The molecule has 5 nitrogen and oxygen atoms in total. The van der Waals surface area contributed by atoms with Crippen molar-refractivity contribution in [3.8, 4) is 0 Å². The maximum atomic E-state index is 13.8. The molecular formula is C24H22ClFN2O3S. The van der Waals surface area contributed by atoms with Crippen LogP contribution in [0.15, 0.2) is 83.8 Å². The third-order valence-electron chi connectivity index (χ3n) is 5.54. The van der Waals surface area contributed by atoms with Crippen molar-refractivity contribution in [3.63, 3.8) is 0 Å². The van der Waals surface area contributed by atoms with E-state index in [4.69, 9.17) is 11.6 Å². The number of rotatable bonds is 6. The van der Waals surface area contributed by atoms with Crippen LogP contribution in [0.25, 0.3) is 0 Å². The summed E-state index contributed by atoms with van der Waals surface area (Å²) >= 11 is 5.97. The van der Waals surface area contributed by atoms with E-state index in [9.17, 15) is 17.6 Å². The lowest BCUT2D eigenvalue weighted by molar-refractivity contribution is -0.130. The topological polar surface area (TPSA) is 57.7 Å². The predicted octanol–water partition coefficient (Wildman–Crippen LogP) is 5.04. The van der Waals surface area contributed by atoms with E-state index in [0.717, 1.165) is 28.8 Å². The molecule has 1 saturated heterocycles. The Kier molecular flexibility index (Phi) is 6.48. The van der Waals surface area contributed by atoms with Crippen LogP contribution in [0.1, 0.15) is 24.4 Å². The SMILES string of the molecule is O=C(CN(c1ccc(Cl)cc1)S(=O)(=O)c1cccc(F)c1)N1CCCC1c1ccccc1. The number of benzene rings is 3. The predicted molar refractivity (Wildman–Crippen MR) is 123 cm³/mol. The molecule has 0 aliphatic carbocycles. The molecule has 0 N–H and O–H groups in total. The largest absolute Gasteiger partial charge is 0.334 e. The molecule has 1 aliphatic heterocycles. The number of likely N-dealkylation sites (tertiary alicyclic amines) is 1. The number of amides is 1. The van der Waals surface area contributed by atoms with Gasteiger partial charge in [-0.05, 0) is 60.9 Å². The fourth-order valence-electron chi connectivity index (χ4n) is 3.98. The zero-order valence-corrected chi connectivity index (χ0v) is 18.8. The number of hydrogen-bond acceptors (Lipinski definition) is 3. The molecule has 0 radical (unpaired) electrons. The summed E-state index contributed by atoms with van der Waals surface area (Å²) in [5.41, 5.74) is 1.30. The maximum Gasteiger partial charge on any atom is 0.264 e. The molecule has 1 heterocycles. The first-order chi connectivity index (χ1) is 15.4. The van der Waals surface area contributed by atoms with Gasteiger partial charge in [-0.1, -0.05) is 48.0 Å². The van der Waals surface area contributed by atoms with E-state index in [1.165, 1.54) is 30.3 Å². The van der Waals surface area contributed by atoms with Crippen molar-refractivity contribution in [1.29, 1.82) is 0 Å². The minimum atomic E-state index is -4.19. The number of carbonyl (C=O) groups excluding carboxylic acids is 1. The fourth-order valence-corrected chi connectivity index (χ4v) is 5.55. The van der Waals surface area contributed by atoms with Gasteiger partial charge < -0.3 is 4.90 Å². The van der Waals surface area contributed by atoms with Gasteiger partial charge in [-0.2, -0.15) is 0 Å². The van der Waals surface area contributed by atoms with Crippen LogP contribution in [-0.4, -0.2) is 32.3 Å². The highest BCUT2D eigenvalue weighted by Crippen LogP contribution is 2.33. The summed E-state index contributed by atoms with van der Waals surface area (Å²) in [7, 11) is -4.19. The molecule has 0 aromatic heterocycles. The van der Waals surface area contributed by atoms with Gasteiger partial charge in [-0.15, -0.1) is 0 Å². The molecule has 8 heteroatoms. The van der Waals surface area contributed by atoms with Gasteiger partial charge in [-0.3, -0.25) is 9.10 Å². The van der Waals surface area contributed by atoms with Crippen LogP contribution in [0.2, 0.25) is 5.02 Å². The van der Waals surface area contributed by atoms with E-state index in [1.807, 2.05) is 30.3 Å². The van der Waals surface area contributed by atoms with Crippen LogP contribution in [0.5, 0.6) is 0 Å². The summed E-state index contributed by atoms with van der Waals surface area (Å²) in [6, 6.07) is 20.5. The van der Waals surface area contributed by atoms with Crippen molar-refractivity contribution in [2.75, 3.05) is 17.4 Å². The minimum Gasteiger partial charge on any atom is -0.334 e. The Morgan fingerprint density at radius 3 is 2.44 bits per heavy atom. The van der Waals surface area contributed by atoms with Crippen LogP contribution in [0, 0.1) is 5.82 Å². The highest BCUT2D eigenvalue weighted by Gasteiger charge is 2.34. The van der Waals surface area contributed by atoms with Gasteiger partial charge >= 0.3 is 0 Å². The molecular weight excluding hydrogens is 451 g/mol. The van der Waals surface area contributed by atoms with Gasteiger partial charge in [0.1, 0.15) is 12.4 Å². The van der Waals surface area contributed by atoms with Crippen LogP contribution < -0.4 is 4.31 Å². The molecule has 0 spiro atoms. The molecule has 1 unspecified atom stereocenters. The first kappa shape index (κ1) is 22.3. The standard InChI is InChI=1S/C24H22ClFN2O3S/c25-19-11-13-21(14-12-19)28(32(30,31)22-9-4-8-20(26)16-22)17-24(29)27-15-5-10-23(27)18-6-2-1-3-7-18/h1-4,6-9,11-14,16,23H,5,10,15,17H2. The Hall–Kier alpha value is -2.90. The Balaban J connectivity index is 1.68. The van der Waals surface area contributed by atoms with Crippen LogP contribution in [0.3, 0.4) is 0 Å². The zero-order chi connectivity index (χ0) is 22.7. The lowest BCUT2D eigenvalue weighted by atomic mass is 10.0. The highest BCUT2D eigenvalue weighted by atomic mass is 35.5. The van der Waals surface area contributed by atoms with Crippen molar-refractivity contribution in [1.82, 2.24) is 4.90 Å². The fraction of sp³-hybridized carbons (Fsp3) is 0.208. The van der Waals surface area contributed by atoms with Crippen LogP contribution in [-0.2, 0) is 14.8 Å². The molecule has 4 rings (SSSR count). The first-order valence-corrected chi connectivity index (χ1v) is 12.1. The summed E-state index contributed by atoms with van der Waals surface area (Å²) in [5, 5.41) is 0.437. The second-order valence-corrected chi connectivity index (χ2v) is 9.90. The molecule has 32 heavy (non-hydrogen) atoms. The number of nitrogens with zero attached hydrogens (tertiary/aromatic N) is 2. The van der Waals surface area contributed by atoms with Crippen molar-refractivity contribution >= 4 is 33.2 Å². The van der Waals surface area contributed by atoms with Gasteiger partial charge in [0.05, 0.1) is 16.6 Å². The summed E-state index contributed by atoms with van der Waals surface area (Å²) in [6.07, 6.45) is 1.65. The van der Waals surface area contributed by atoms with E-state index < -0.39 is 22.4 Å². The summed E-state index contributed by atoms with van der Waals surface area (Å²) < 4.78 is 41.7. The number of carbonyl (C=O) groups is 1. The van der Waals surface area contributed by atoms with Gasteiger partial charge in [0.15, 0.2) is 0 Å². The van der Waals surface area contributed by atoms with E-state index in [1.54, 1.807) is 17.0 Å². The van der Waals surface area contributed by atoms with Gasteiger partial charge in [0.2, 0.25) is 5.91 Å². The normalized spacial score (nSPS) is 16.2. The minimum absolute atomic E-state index is 0.104. The Labute approximate surface area is 192 Å². The van der Waals surface area contributed by atoms with Crippen LogP contribution in [0.4, 0.5) is 10.1 Å². The molecule has 1 aliphatic rings. The van der Waals surface area contributed by atoms with Crippen molar-refractivity contribution in [2.45, 2.75) is 23.8 Å². The highest BCUT2D eigenvalue weighted by molar-refractivity contribution is 7.92. The van der Waals surface area contributed by atoms with Crippen molar-refractivity contribution in [3.05, 3.63) is 95.3 Å².